The summed E-state index contributed by atoms with van der Waals surface area (Å²) in [7, 11) is -3.85. The first kappa shape index (κ1) is 13.5. The van der Waals surface area contributed by atoms with Crippen LogP contribution in [0.3, 0.4) is 0 Å². The van der Waals surface area contributed by atoms with Crippen molar-refractivity contribution < 1.29 is 17.9 Å². The van der Waals surface area contributed by atoms with Crippen molar-refractivity contribution in [1.82, 2.24) is 4.72 Å². The summed E-state index contributed by atoms with van der Waals surface area (Å²) in [6, 6.07) is 6.17. The monoisotopic (exact) mass is 257 g/mol. The van der Waals surface area contributed by atoms with Crippen LogP contribution >= 0.6 is 0 Å². The van der Waals surface area contributed by atoms with Crippen molar-refractivity contribution in [3.63, 3.8) is 0 Å². The highest BCUT2D eigenvalue weighted by Crippen LogP contribution is 2.10. The highest BCUT2D eigenvalue weighted by atomic mass is 32.2. The summed E-state index contributed by atoms with van der Waals surface area (Å²) in [5.74, 6) is 0. The molecule has 0 aliphatic rings. The molecule has 0 aliphatic heterocycles. The van der Waals surface area contributed by atoms with E-state index in [9.17, 15) is 13.2 Å². The lowest BCUT2D eigenvalue weighted by molar-refractivity contribution is 0.121. The predicted octanol–water partition coefficient (Wildman–Crippen LogP) is 1.82. The van der Waals surface area contributed by atoms with Gasteiger partial charge in [-0.3, -0.25) is 0 Å². The van der Waals surface area contributed by atoms with Crippen LogP contribution in [0, 0.1) is 6.92 Å². The molecule has 1 aromatic rings. The van der Waals surface area contributed by atoms with Crippen LogP contribution in [-0.4, -0.2) is 20.6 Å². The van der Waals surface area contributed by atoms with Gasteiger partial charge >= 0.3 is 6.09 Å². The van der Waals surface area contributed by atoms with Crippen molar-refractivity contribution in [2.24, 2.45) is 0 Å². The van der Waals surface area contributed by atoms with Gasteiger partial charge in [0.05, 0.1) is 11.0 Å². The number of nitrogens with one attached hydrogen (secondary N) is 1. The molecule has 0 bridgehead atoms. The number of amides is 1. The average Bonchev–Trinajstić information content (AvgIpc) is 2.15. The smallest absolute Gasteiger partial charge is 0.421 e. The van der Waals surface area contributed by atoms with Crippen LogP contribution in [0.1, 0.15) is 19.4 Å². The summed E-state index contributed by atoms with van der Waals surface area (Å²) in [6.45, 7) is 5.12. The van der Waals surface area contributed by atoms with Crippen LogP contribution in [-0.2, 0) is 14.8 Å². The first-order chi connectivity index (χ1) is 7.81. The van der Waals surface area contributed by atoms with Gasteiger partial charge in [0.15, 0.2) is 0 Å². The number of aryl methyl sites for hydroxylation is 1. The van der Waals surface area contributed by atoms with E-state index in [4.69, 9.17) is 4.74 Å². The van der Waals surface area contributed by atoms with E-state index in [1.165, 1.54) is 12.1 Å². The minimum absolute atomic E-state index is 0.0313. The number of benzene rings is 1. The van der Waals surface area contributed by atoms with E-state index >= 15 is 0 Å². The van der Waals surface area contributed by atoms with Crippen molar-refractivity contribution in [3.05, 3.63) is 29.8 Å². The second-order valence-electron chi connectivity index (χ2n) is 3.87. The predicted molar refractivity (Wildman–Crippen MR) is 63.1 cm³/mol. The standard InChI is InChI=1S/C11H15NO4S/c1-8(2)16-11(13)12-17(14,15)10-6-4-9(3)5-7-10/h4-8H,1-3H3,(H,12,13). The molecule has 94 valence electrons. The lowest BCUT2D eigenvalue weighted by Gasteiger charge is -2.10. The Labute approximate surface area is 101 Å². The molecule has 0 aliphatic carbocycles. The maximum Gasteiger partial charge on any atom is 0.421 e. The molecule has 17 heavy (non-hydrogen) atoms. The molecule has 0 atom stereocenters. The largest absolute Gasteiger partial charge is 0.446 e. The topological polar surface area (TPSA) is 72.5 Å². The summed E-state index contributed by atoms with van der Waals surface area (Å²) < 4.78 is 30.0. The van der Waals surface area contributed by atoms with E-state index in [-0.39, 0.29) is 11.0 Å². The molecule has 1 N–H and O–H groups in total. The molecule has 0 aromatic heterocycles. The molecular formula is C11H15NO4S. The fourth-order valence-electron chi connectivity index (χ4n) is 1.12. The van der Waals surface area contributed by atoms with Gasteiger partial charge in [0, 0.05) is 0 Å². The minimum atomic E-state index is -3.85. The third-order valence-electron chi connectivity index (χ3n) is 1.89. The molecule has 1 aromatic carbocycles. The van der Waals surface area contributed by atoms with Crippen molar-refractivity contribution in [1.29, 1.82) is 0 Å². The molecule has 1 amide bonds. The van der Waals surface area contributed by atoms with Crippen LogP contribution in [0.5, 0.6) is 0 Å². The van der Waals surface area contributed by atoms with Gasteiger partial charge in [-0.1, -0.05) is 17.7 Å². The normalized spacial score (nSPS) is 11.3. The minimum Gasteiger partial charge on any atom is -0.446 e. The summed E-state index contributed by atoms with van der Waals surface area (Å²) >= 11 is 0. The Balaban J connectivity index is 2.82. The van der Waals surface area contributed by atoms with E-state index in [2.05, 4.69) is 0 Å². The fourth-order valence-corrected chi connectivity index (χ4v) is 2.00. The molecule has 0 heterocycles. The second-order valence-corrected chi connectivity index (χ2v) is 5.56. The second kappa shape index (κ2) is 5.18. The van der Waals surface area contributed by atoms with E-state index in [1.807, 2.05) is 11.6 Å². The number of carbonyl (C=O) groups is 1. The number of sulfonamides is 1. The van der Waals surface area contributed by atoms with Gasteiger partial charge in [0.25, 0.3) is 10.0 Å². The molecule has 0 fully saturated rings. The van der Waals surface area contributed by atoms with Crippen molar-refractivity contribution in [2.75, 3.05) is 0 Å². The Morgan fingerprint density at radius 2 is 1.76 bits per heavy atom. The number of hydrogen-bond acceptors (Lipinski definition) is 4. The molecular weight excluding hydrogens is 242 g/mol. The summed E-state index contributed by atoms with van der Waals surface area (Å²) in [4.78, 5) is 11.2. The number of ether oxygens (including phenoxy) is 1. The number of rotatable bonds is 3. The van der Waals surface area contributed by atoms with Gasteiger partial charge < -0.3 is 4.74 Å². The summed E-state index contributed by atoms with van der Waals surface area (Å²) in [6.07, 6.45) is -1.34. The molecule has 1 rings (SSSR count). The third-order valence-corrected chi connectivity index (χ3v) is 3.22. The van der Waals surface area contributed by atoms with Crippen molar-refractivity contribution >= 4 is 16.1 Å². The van der Waals surface area contributed by atoms with Crippen molar-refractivity contribution in [3.8, 4) is 0 Å². The Hall–Kier alpha value is -1.56. The zero-order valence-electron chi connectivity index (χ0n) is 9.93. The number of hydrogen-bond donors (Lipinski definition) is 1. The van der Waals surface area contributed by atoms with Crippen LogP contribution in [0.4, 0.5) is 4.79 Å². The molecule has 0 radical (unpaired) electrons. The zero-order valence-corrected chi connectivity index (χ0v) is 10.7. The molecule has 0 saturated heterocycles. The van der Waals surface area contributed by atoms with Crippen molar-refractivity contribution in [2.45, 2.75) is 31.8 Å². The van der Waals surface area contributed by atoms with E-state index in [0.717, 1.165) is 5.56 Å². The van der Waals surface area contributed by atoms with Gasteiger partial charge in [0.2, 0.25) is 0 Å². The summed E-state index contributed by atoms with van der Waals surface area (Å²) in [5.41, 5.74) is 0.939. The van der Waals surface area contributed by atoms with E-state index < -0.39 is 16.1 Å². The first-order valence-electron chi connectivity index (χ1n) is 5.11. The van der Waals surface area contributed by atoms with Crippen LogP contribution in [0.15, 0.2) is 29.2 Å². The van der Waals surface area contributed by atoms with Crippen LogP contribution < -0.4 is 4.72 Å². The van der Waals surface area contributed by atoms with Crippen LogP contribution in [0.25, 0.3) is 0 Å². The van der Waals surface area contributed by atoms with Gasteiger partial charge in [-0.2, -0.15) is 0 Å². The third kappa shape index (κ3) is 4.07. The van der Waals surface area contributed by atoms with E-state index in [0.29, 0.717) is 0 Å². The lowest BCUT2D eigenvalue weighted by Crippen LogP contribution is -2.32. The maximum absolute atomic E-state index is 11.7. The summed E-state index contributed by atoms with van der Waals surface area (Å²) in [5, 5.41) is 0. The Morgan fingerprint density at radius 3 is 2.24 bits per heavy atom. The van der Waals surface area contributed by atoms with E-state index in [1.54, 1.807) is 26.0 Å². The molecule has 5 nitrogen and oxygen atoms in total. The quantitative estimate of drug-likeness (QED) is 0.896. The zero-order chi connectivity index (χ0) is 13.1. The molecule has 0 spiro atoms. The SMILES string of the molecule is Cc1ccc(S(=O)(=O)NC(=O)OC(C)C)cc1. The Kier molecular flexibility index (Phi) is 4.11. The molecule has 0 saturated carbocycles. The molecule has 6 heteroatoms. The van der Waals surface area contributed by atoms with Crippen LogP contribution in [0.2, 0.25) is 0 Å². The van der Waals surface area contributed by atoms with Gasteiger partial charge in [-0.15, -0.1) is 0 Å². The van der Waals surface area contributed by atoms with Gasteiger partial charge in [-0.25, -0.2) is 17.9 Å². The molecule has 0 unspecified atom stereocenters. The fraction of sp³-hybridized carbons (Fsp3) is 0.364. The first-order valence-corrected chi connectivity index (χ1v) is 6.59. The van der Waals surface area contributed by atoms with Gasteiger partial charge in [0.1, 0.15) is 0 Å². The lowest BCUT2D eigenvalue weighted by atomic mass is 10.2. The highest BCUT2D eigenvalue weighted by Gasteiger charge is 2.18. The number of carbonyl (C=O) groups excluding carboxylic acids is 1. The Bertz CT molecular complexity index is 491. The maximum atomic E-state index is 11.7. The highest BCUT2D eigenvalue weighted by molar-refractivity contribution is 7.90. The van der Waals surface area contributed by atoms with Gasteiger partial charge in [-0.05, 0) is 32.9 Å². The Morgan fingerprint density at radius 1 is 1.24 bits per heavy atom. The average molecular weight is 257 g/mol.